The molecule has 0 aromatic heterocycles. The fourth-order valence-corrected chi connectivity index (χ4v) is 4.39. The van der Waals surface area contributed by atoms with Gasteiger partial charge >= 0.3 is 5.97 Å². The van der Waals surface area contributed by atoms with Crippen LogP contribution < -0.4 is 0 Å². The largest absolute Gasteiger partial charge is 0.468 e. The zero-order valence-corrected chi connectivity index (χ0v) is 14.0. The first kappa shape index (κ1) is 16.6. The summed E-state index contributed by atoms with van der Waals surface area (Å²) in [5, 5.41) is 0. The molecule has 0 amide bonds. The van der Waals surface area contributed by atoms with Crippen LogP contribution in [0, 0.1) is 12.7 Å². The van der Waals surface area contributed by atoms with E-state index in [0.717, 1.165) is 9.87 Å². The molecule has 126 valence electrons. The van der Waals surface area contributed by atoms with E-state index in [1.54, 1.807) is 12.1 Å². The SMILES string of the molecule is COC(=O)C1C(c2ccc(F)cc2)N1S(=O)(=O)c1ccc(C)cc1. The summed E-state index contributed by atoms with van der Waals surface area (Å²) < 4.78 is 44.6. The molecule has 2 aromatic carbocycles. The van der Waals surface area contributed by atoms with Crippen molar-refractivity contribution >= 4 is 16.0 Å². The molecule has 7 heteroatoms. The summed E-state index contributed by atoms with van der Waals surface area (Å²) in [7, 11) is -2.65. The Morgan fingerprint density at radius 3 is 2.21 bits per heavy atom. The number of rotatable bonds is 4. The van der Waals surface area contributed by atoms with Gasteiger partial charge in [-0.1, -0.05) is 29.8 Å². The minimum absolute atomic E-state index is 0.103. The van der Waals surface area contributed by atoms with Gasteiger partial charge in [0.15, 0.2) is 0 Å². The molecule has 24 heavy (non-hydrogen) atoms. The molecule has 0 spiro atoms. The summed E-state index contributed by atoms with van der Waals surface area (Å²) in [6.45, 7) is 1.85. The second kappa shape index (κ2) is 5.99. The number of hydrogen-bond donors (Lipinski definition) is 0. The molecule has 1 aliphatic heterocycles. The van der Waals surface area contributed by atoms with Crippen molar-refractivity contribution in [3.05, 3.63) is 65.5 Å². The van der Waals surface area contributed by atoms with Crippen molar-refractivity contribution in [1.82, 2.24) is 4.31 Å². The van der Waals surface area contributed by atoms with Gasteiger partial charge in [-0.05, 0) is 36.8 Å². The van der Waals surface area contributed by atoms with Crippen molar-refractivity contribution in [2.45, 2.75) is 23.9 Å². The maximum Gasteiger partial charge on any atom is 0.326 e. The highest BCUT2D eigenvalue weighted by Crippen LogP contribution is 2.48. The van der Waals surface area contributed by atoms with Crippen LogP contribution in [-0.2, 0) is 19.6 Å². The fraction of sp³-hybridized carbons (Fsp3) is 0.235. The highest BCUT2D eigenvalue weighted by atomic mass is 32.2. The number of carbonyl (C=O) groups is 1. The zero-order chi connectivity index (χ0) is 17.5. The number of esters is 1. The summed E-state index contributed by atoms with van der Waals surface area (Å²) in [6, 6.07) is 10.2. The van der Waals surface area contributed by atoms with Gasteiger partial charge in [0.1, 0.15) is 11.9 Å². The van der Waals surface area contributed by atoms with Gasteiger partial charge in [-0.2, -0.15) is 4.31 Å². The average Bonchev–Trinajstić information content (AvgIpc) is 3.31. The van der Waals surface area contributed by atoms with E-state index in [1.807, 2.05) is 6.92 Å². The van der Waals surface area contributed by atoms with Crippen LogP contribution in [0.15, 0.2) is 53.4 Å². The summed E-state index contributed by atoms with van der Waals surface area (Å²) >= 11 is 0. The number of sulfonamides is 1. The van der Waals surface area contributed by atoms with E-state index in [1.165, 1.54) is 43.5 Å². The van der Waals surface area contributed by atoms with Crippen LogP contribution in [0.4, 0.5) is 4.39 Å². The van der Waals surface area contributed by atoms with Gasteiger partial charge in [0.25, 0.3) is 0 Å². The Hall–Kier alpha value is -2.25. The third kappa shape index (κ3) is 2.81. The maximum atomic E-state index is 13.1. The fourth-order valence-electron chi connectivity index (χ4n) is 2.69. The van der Waals surface area contributed by atoms with Crippen LogP contribution in [-0.4, -0.2) is 31.8 Å². The number of aryl methyl sites for hydroxylation is 1. The molecule has 1 fully saturated rings. The normalized spacial score (nSPS) is 22.9. The Kier molecular flexibility index (Phi) is 4.15. The molecular weight excluding hydrogens is 333 g/mol. The van der Waals surface area contributed by atoms with Crippen molar-refractivity contribution in [2.75, 3.05) is 7.11 Å². The number of benzene rings is 2. The number of nitrogens with zero attached hydrogens (tertiary/aromatic N) is 1. The van der Waals surface area contributed by atoms with Crippen molar-refractivity contribution in [2.24, 2.45) is 0 Å². The summed E-state index contributed by atoms with van der Waals surface area (Å²) in [4.78, 5) is 12.1. The second-order valence-corrected chi connectivity index (χ2v) is 7.46. The summed E-state index contributed by atoms with van der Waals surface area (Å²) in [6.07, 6.45) is 0. The number of hydrogen-bond acceptors (Lipinski definition) is 4. The Morgan fingerprint density at radius 2 is 1.67 bits per heavy atom. The second-order valence-electron chi connectivity index (χ2n) is 5.61. The minimum Gasteiger partial charge on any atom is -0.468 e. The van der Waals surface area contributed by atoms with Crippen molar-refractivity contribution < 1.29 is 22.3 Å². The molecule has 3 rings (SSSR count). The number of ether oxygens (including phenoxy) is 1. The smallest absolute Gasteiger partial charge is 0.326 e. The van der Waals surface area contributed by atoms with E-state index >= 15 is 0 Å². The van der Waals surface area contributed by atoms with Crippen LogP contribution >= 0.6 is 0 Å². The van der Waals surface area contributed by atoms with Crippen molar-refractivity contribution in [3.8, 4) is 0 Å². The molecule has 1 saturated heterocycles. The van der Waals surface area contributed by atoms with E-state index in [-0.39, 0.29) is 4.90 Å². The van der Waals surface area contributed by atoms with Crippen LogP contribution in [0.3, 0.4) is 0 Å². The van der Waals surface area contributed by atoms with Gasteiger partial charge in [-0.15, -0.1) is 0 Å². The van der Waals surface area contributed by atoms with Gasteiger partial charge in [-0.25, -0.2) is 12.8 Å². The Bertz CT molecular complexity index is 862. The van der Waals surface area contributed by atoms with Gasteiger partial charge in [0.2, 0.25) is 10.0 Å². The Balaban J connectivity index is 1.99. The molecule has 5 nitrogen and oxygen atoms in total. The third-order valence-electron chi connectivity index (χ3n) is 4.01. The van der Waals surface area contributed by atoms with Gasteiger partial charge in [0.05, 0.1) is 18.0 Å². The standard InChI is InChI=1S/C17H16FNO4S/c1-11-3-9-14(10-4-11)24(21,22)19-15(16(19)17(20)23-2)12-5-7-13(18)8-6-12/h3-10,15-16H,1-2H3. The topological polar surface area (TPSA) is 63.5 Å². The molecule has 0 saturated carbocycles. The van der Waals surface area contributed by atoms with Crippen LogP contribution in [0.2, 0.25) is 0 Å². The maximum absolute atomic E-state index is 13.1. The molecule has 1 aliphatic rings. The lowest BCUT2D eigenvalue weighted by atomic mass is 10.1. The lowest BCUT2D eigenvalue weighted by molar-refractivity contribution is -0.140. The van der Waals surface area contributed by atoms with Crippen LogP contribution in [0.1, 0.15) is 17.2 Å². The average molecular weight is 349 g/mol. The molecule has 1 heterocycles. The highest BCUT2D eigenvalue weighted by molar-refractivity contribution is 7.89. The molecule has 3 atom stereocenters. The van der Waals surface area contributed by atoms with Crippen LogP contribution in [0.25, 0.3) is 0 Å². The van der Waals surface area contributed by atoms with Gasteiger partial charge < -0.3 is 4.74 Å². The van der Waals surface area contributed by atoms with Crippen molar-refractivity contribution in [1.29, 1.82) is 0 Å². The quantitative estimate of drug-likeness (QED) is 0.628. The van der Waals surface area contributed by atoms with Crippen molar-refractivity contribution in [3.63, 3.8) is 0 Å². The first-order valence-corrected chi connectivity index (χ1v) is 8.74. The first-order valence-electron chi connectivity index (χ1n) is 7.30. The van der Waals surface area contributed by atoms with Gasteiger partial charge in [-0.3, -0.25) is 4.79 Å². The van der Waals surface area contributed by atoms with E-state index < -0.39 is 33.9 Å². The lowest BCUT2D eigenvalue weighted by Gasteiger charge is -2.07. The number of methoxy groups -OCH3 is 1. The molecular formula is C17H16FNO4S. The molecule has 0 radical (unpaired) electrons. The van der Waals surface area contributed by atoms with E-state index in [4.69, 9.17) is 4.74 Å². The first-order chi connectivity index (χ1) is 11.4. The lowest BCUT2D eigenvalue weighted by Crippen LogP contribution is -2.20. The molecule has 0 N–H and O–H groups in total. The number of halogens is 1. The molecule has 3 unspecified atom stereocenters. The minimum atomic E-state index is -3.86. The monoisotopic (exact) mass is 349 g/mol. The Morgan fingerprint density at radius 1 is 1.08 bits per heavy atom. The van der Waals surface area contributed by atoms with E-state index in [9.17, 15) is 17.6 Å². The van der Waals surface area contributed by atoms with E-state index in [2.05, 4.69) is 0 Å². The third-order valence-corrected chi connectivity index (χ3v) is 5.89. The summed E-state index contributed by atoms with van der Waals surface area (Å²) in [5.74, 6) is -1.07. The zero-order valence-electron chi connectivity index (χ0n) is 13.1. The number of carbonyl (C=O) groups excluding carboxylic acids is 1. The summed E-state index contributed by atoms with van der Waals surface area (Å²) in [5.41, 5.74) is 1.47. The van der Waals surface area contributed by atoms with Crippen LogP contribution in [0.5, 0.6) is 0 Å². The Labute approximate surface area is 139 Å². The van der Waals surface area contributed by atoms with E-state index in [0.29, 0.717) is 5.56 Å². The predicted molar refractivity (Wildman–Crippen MR) is 85.1 cm³/mol. The highest BCUT2D eigenvalue weighted by Gasteiger charge is 2.61. The molecule has 0 bridgehead atoms. The molecule has 2 aromatic rings. The van der Waals surface area contributed by atoms with Gasteiger partial charge in [0, 0.05) is 0 Å². The molecule has 0 aliphatic carbocycles. The predicted octanol–water partition coefficient (Wildman–Crippen LogP) is 2.42.